The Bertz CT molecular complexity index is 1240. The molecule has 0 unspecified atom stereocenters. The average Bonchev–Trinajstić information content (AvgIpc) is 2.87. The molecule has 0 radical (unpaired) electrons. The van der Waals surface area contributed by atoms with Gasteiger partial charge in [-0.25, -0.2) is 0 Å². The summed E-state index contributed by atoms with van der Waals surface area (Å²) in [5, 5.41) is 10.0. The van der Waals surface area contributed by atoms with E-state index in [1.165, 1.54) is 21.3 Å². The number of pyridine rings is 1. The minimum Gasteiger partial charge on any atom is -0.496 e. The largest absolute Gasteiger partial charge is 0.496 e. The number of hydrogen-bond donors (Lipinski definition) is 1. The fraction of sp³-hybridized carbons (Fsp3) is 0.440. The summed E-state index contributed by atoms with van der Waals surface area (Å²) in [6, 6.07) is 7.30. The van der Waals surface area contributed by atoms with Gasteiger partial charge in [0.1, 0.15) is 23.1 Å². The molecule has 0 bridgehead atoms. The number of fused-ring (bicyclic) bond motifs is 1. The van der Waals surface area contributed by atoms with E-state index in [1.54, 1.807) is 22.8 Å². The SMILES string of the molecule is COc1cc(OC)c([C@@H]2C(C#N)=C(N)Oc3cc(C)n(CCN4CCOCC4)c(=O)c32)cc1OC. The Morgan fingerprint density at radius 1 is 1.06 bits per heavy atom. The van der Waals surface area contributed by atoms with Crippen LogP contribution in [0.3, 0.4) is 0 Å². The van der Waals surface area contributed by atoms with Gasteiger partial charge in [-0.2, -0.15) is 5.26 Å². The fourth-order valence-corrected chi connectivity index (χ4v) is 4.62. The van der Waals surface area contributed by atoms with Crippen LogP contribution in [-0.2, 0) is 11.3 Å². The molecule has 0 aliphatic carbocycles. The first-order chi connectivity index (χ1) is 16.9. The first-order valence-electron chi connectivity index (χ1n) is 11.3. The summed E-state index contributed by atoms with van der Waals surface area (Å²) < 4.78 is 29.4. The maximum Gasteiger partial charge on any atom is 0.258 e. The highest BCUT2D eigenvalue weighted by Gasteiger charge is 2.37. The van der Waals surface area contributed by atoms with E-state index in [2.05, 4.69) is 11.0 Å². The minimum absolute atomic E-state index is 0.0493. The topological polar surface area (TPSA) is 121 Å². The molecule has 3 heterocycles. The molecule has 1 atom stereocenters. The van der Waals surface area contributed by atoms with Crippen LogP contribution in [0.2, 0.25) is 0 Å². The standard InChI is InChI=1S/C25H30N4O6/c1-15-11-21-23(25(30)29(15)6-5-28-7-9-34-10-8-28)22(17(14-26)24(27)35-21)16-12-19(32-3)20(33-4)13-18(16)31-2/h11-13,22H,5-10,27H2,1-4H3/t22-/m1/s1. The van der Waals surface area contributed by atoms with Crippen molar-refractivity contribution in [2.75, 3.05) is 54.2 Å². The van der Waals surface area contributed by atoms with Crippen molar-refractivity contribution in [3.8, 4) is 29.1 Å². The molecule has 2 aromatic rings. The van der Waals surface area contributed by atoms with Crippen molar-refractivity contribution >= 4 is 0 Å². The van der Waals surface area contributed by atoms with E-state index in [0.717, 1.165) is 18.8 Å². The molecule has 2 aliphatic rings. The Kier molecular flexibility index (Phi) is 7.19. The van der Waals surface area contributed by atoms with Gasteiger partial charge in [0.05, 0.1) is 46.0 Å². The number of hydrogen-bond acceptors (Lipinski definition) is 9. The molecule has 0 amide bonds. The van der Waals surface area contributed by atoms with Crippen molar-refractivity contribution in [1.82, 2.24) is 9.47 Å². The summed E-state index contributed by atoms with van der Waals surface area (Å²) in [5.41, 5.74) is 7.67. The first kappa shape index (κ1) is 24.4. The van der Waals surface area contributed by atoms with E-state index in [4.69, 9.17) is 29.4 Å². The molecule has 0 spiro atoms. The Morgan fingerprint density at radius 2 is 1.71 bits per heavy atom. The van der Waals surface area contributed by atoms with Crippen LogP contribution in [0, 0.1) is 18.3 Å². The van der Waals surface area contributed by atoms with Gasteiger partial charge in [-0.05, 0) is 13.0 Å². The second kappa shape index (κ2) is 10.3. The van der Waals surface area contributed by atoms with Gasteiger partial charge in [-0.1, -0.05) is 0 Å². The molecule has 10 heteroatoms. The third-order valence-corrected chi connectivity index (χ3v) is 6.48. The fourth-order valence-electron chi connectivity index (χ4n) is 4.62. The summed E-state index contributed by atoms with van der Waals surface area (Å²) in [5.74, 6) is 0.803. The number of morpholine rings is 1. The molecule has 1 fully saturated rings. The molecule has 10 nitrogen and oxygen atoms in total. The summed E-state index contributed by atoms with van der Waals surface area (Å²) in [6.07, 6.45) is 0. The number of nitrogens with two attached hydrogens (primary N) is 1. The van der Waals surface area contributed by atoms with Crippen molar-refractivity contribution in [3.05, 3.63) is 56.8 Å². The molecular formula is C25H30N4O6. The summed E-state index contributed by atoms with van der Waals surface area (Å²) in [6.45, 7) is 6.07. The van der Waals surface area contributed by atoms with Crippen molar-refractivity contribution < 1.29 is 23.7 Å². The summed E-state index contributed by atoms with van der Waals surface area (Å²) in [7, 11) is 4.55. The van der Waals surface area contributed by atoms with Gasteiger partial charge in [0.15, 0.2) is 11.5 Å². The van der Waals surface area contributed by atoms with Gasteiger partial charge in [-0.3, -0.25) is 9.69 Å². The number of aryl methyl sites for hydroxylation is 1. The molecule has 1 aromatic carbocycles. The van der Waals surface area contributed by atoms with E-state index in [9.17, 15) is 10.1 Å². The van der Waals surface area contributed by atoms with Crippen molar-refractivity contribution in [3.63, 3.8) is 0 Å². The predicted molar refractivity (Wildman–Crippen MR) is 128 cm³/mol. The molecular weight excluding hydrogens is 452 g/mol. The number of nitrogens with zero attached hydrogens (tertiary/aromatic N) is 3. The zero-order valence-corrected chi connectivity index (χ0v) is 20.4. The molecule has 1 saturated heterocycles. The van der Waals surface area contributed by atoms with E-state index in [1.807, 2.05) is 6.92 Å². The molecule has 4 rings (SSSR count). The zero-order valence-electron chi connectivity index (χ0n) is 20.4. The Hall–Kier alpha value is -3.68. The maximum atomic E-state index is 13.9. The number of rotatable bonds is 7. The van der Waals surface area contributed by atoms with Gasteiger partial charge in [0, 0.05) is 49.6 Å². The summed E-state index contributed by atoms with van der Waals surface area (Å²) >= 11 is 0. The highest BCUT2D eigenvalue weighted by Crippen LogP contribution is 2.46. The number of ether oxygens (including phenoxy) is 5. The van der Waals surface area contributed by atoms with Crippen molar-refractivity contribution in [1.29, 1.82) is 5.26 Å². The first-order valence-corrected chi connectivity index (χ1v) is 11.3. The van der Waals surface area contributed by atoms with Crippen LogP contribution in [0.25, 0.3) is 0 Å². The average molecular weight is 483 g/mol. The van der Waals surface area contributed by atoms with Crippen LogP contribution >= 0.6 is 0 Å². The molecule has 2 aliphatic heterocycles. The zero-order chi connectivity index (χ0) is 25.1. The van der Waals surface area contributed by atoms with Gasteiger partial charge < -0.3 is 34.0 Å². The monoisotopic (exact) mass is 482 g/mol. The van der Waals surface area contributed by atoms with Crippen LogP contribution in [0.5, 0.6) is 23.0 Å². The number of methoxy groups -OCH3 is 3. The Balaban J connectivity index is 1.87. The van der Waals surface area contributed by atoms with Crippen molar-refractivity contribution in [2.45, 2.75) is 19.4 Å². The molecule has 1 aromatic heterocycles. The molecule has 0 saturated carbocycles. The van der Waals surface area contributed by atoms with E-state index < -0.39 is 5.92 Å². The predicted octanol–water partition coefficient (Wildman–Crippen LogP) is 1.73. The smallest absolute Gasteiger partial charge is 0.258 e. The van der Waals surface area contributed by atoms with Gasteiger partial charge >= 0.3 is 0 Å². The number of benzene rings is 1. The third-order valence-electron chi connectivity index (χ3n) is 6.48. The van der Waals surface area contributed by atoms with Crippen LogP contribution < -0.4 is 30.2 Å². The lowest BCUT2D eigenvalue weighted by Crippen LogP contribution is -2.40. The molecule has 2 N–H and O–H groups in total. The van der Waals surface area contributed by atoms with E-state index in [-0.39, 0.29) is 17.0 Å². The minimum atomic E-state index is -0.804. The molecule has 186 valence electrons. The second-order valence-corrected chi connectivity index (χ2v) is 8.35. The summed E-state index contributed by atoms with van der Waals surface area (Å²) in [4.78, 5) is 16.2. The maximum absolute atomic E-state index is 13.9. The van der Waals surface area contributed by atoms with Gasteiger partial charge in [-0.15, -0.1) is 0 Å². The van der Waals surface area contributed by atoms with Crippen LogP contribution in [0.4, 0.5) is 0 Å². The molecule has 35 heavy (non-hydrogen) atoms. The van der Waals surface area contributed by atoms with Gasteiger partial charge in [0.25, 0.3) is 5.56 Å². The lowest BCUT2D eigenvalue weighted by molar-refractivity contribution is 0.0362. The van der Waals surface area contributed by atoms with Gasteiger partial charge in [0.2, 0.25) is 5.88 Å². The Morgan fingerprint density at radius 3 is 2.34 bits per heavy atom. The number of nitriles is 1. The van der Waals surface area contributed by atoms with Crippen molar-refractivity contribution in [2.24, 2.45) is 5.73 Å². The van der Waals surface area contributed by atoms with Crippen LogP contribution in [0.15, 0.2) is 34.4 Å². The second-order valence-electron chi connectivity index (χ2n) is 8.35. The quantitative estimate of drug-likeness (QED) is 0.629. The normalized spacial score (nSPS) is 17.9. The highest BCUT2D eigenvalue weighted by atomic mass is 16.5. The highest BCUT2D eigenvalue weighted by molar-refractivity contribution is 5.61. The van der Waals surface area contributed by atoms with Crippen LogP contribution in [0.1, 0.15) is 22.7 Å². The lowest BCUT2D eigenvalue weighted by Gasteiger charge is -2.30. The Labute approximate surface area is 204 Å². The number of aromatic nitrogens is 1. The third kappa shape index (κ3) is 4.52. The lowest BCUT2D eigenvalue weighted by atomic mass is 9.83. The van der Waals surface area contributed by atoms with E-state index >= 15 is 0 Å². The van der Waals surface area contributed by atoms with Crippen LogP contribution in [-0.4, -0.2) is 63.6 Å². The van der Waals surface area contributed by atoms with E-state index in [0.29, 0.717) is 60.4 Å². The number of allylic oxidation sites excluding steroid dienone is 1.